The van der Waals surface area contributed by atoms with E-state index in [1.165, 1.54) is 19.3 Å². The fraction of sp³-hybridized carbons (Fsp3) is 0.600. The summed E-state index contributed by atoms with van der Waals surface area (Å²) in [4.78, 5) is 0. The number of hydrogen-bond donors (Lipinski definition) is 0. The van der Waals surface area contributed by atoms with E-state index in [1.807, 2.05) is 6.08 Å². The van der Waals surface area contributed by atoms with Crippen LogP contribution in [0.15, 0.2) is 12.7 Å². The van der Waals surface area contributed by atoms with Crippen LogP contribution in [0.2, 0.25) is 0 Å². The van der Waals surface area contributed by atoms with E-state index in [-0.39, 0.29) is 0 Å². The van der Waals surface area contributed by atoms with Gasteiger partial charge < -0.3 is 0 Å². The lowest BCUT2D eigenvalue weighted by atomic mass is 10.0. The van der Waals surface area contributed by atoms with Gasteiger partial charge in [-0.25, -0.2) is 0 Å². The standard InChI is InChI=1S/C10H14/c1-3-9(4-2)5-6-10-7-8-10/h1,4,9-10H,2,5-8H2. The zero-order valence-electron chi connectivity index (χ0n) is 6.34. The topological polar surface area (TPSA) is 0 Å². The number of allylic oxidation sites excluding steroid dienone is 1. The van der Waals surface area contributed by atoms with Gasteiger partial charge in [-0.2, -0.15) is 0 Å². The first-order valence-electron chi connectivity index (χ1n) is 3.95. The van der Waals surface area contributed by atoms with E-state index in [9.17, 15) is 0 Å². The molecule has 0 N–H and O–H groups in total. The third kappa shape index (κ3) is 2.27. The third-order valence-electron chi connectivity index (χ3n) is 2.08. The number of rotatable bonds is 4. The van der Waals surface area contributed by atoms with Crippen LogP contribution in [0.5, 0.6) is 0 Å². The first-order chi connectivity index (χ1) is 4.86. The fourth-order valence-electron chi connectivity index (χ4n) is 1.09. The molecule has 1 atom stereocenters. The maximum absolute atomic E-state index is 5.27. The van der Waals surface area contributed by atoms with Crippen LogP contribution in [0, 0.1) is 24.2 Å². The third-order valence-corrected chi connectivity index (χ3v) is 2.08. The monoisotopic (exact) mass is 134 g/mol. The lowest BCUT2D eigenvalue weighted by molar-refractivity contribution is 0.618. The van der Waals surface area contributed by atoms with Gasteiger partial charge >= 0.3 is 0 Å². The second kappa shape index (κ2) is 3.46. The van der Waals surface area contributed by atoms with Crippen LogP contribution in [0.25, 0.3) is 0 Å². The van der Waals surface area contributed by atoms with Gasteiger partial charge in [0.05, 0.1) is 0 Å². The van der Waals surface area contributed by atoms with Gasteiger partial charge in [-0.1, -0.05) is 24.8 Å². The van der Waals surface area contributed by atoms with E-state index in [0.717, 1.165) is 12.3 Å². The SMILES string of the molecule is C#CC(C=C)CCC1CC1. The molecular weight excluding hydrogens is 120 g/mol. The maximum atomic E-state index is 5.27. The van der Waals surface area contributed by atoms with Crippen molar-refractivity contribution in [2.75, 3.05) is 0 Å². The normalized spacial score (nSPS) is 19.5. The molecule has 0 aliphatic heterocycles. The molecule has 1 unspecified atom stereocenters. The Labute approximate surface area is 63.3 Å². The van der Waals surface area contributed by atoms with Crippen LogP contribution in [0.1, 0.15) is 25.7 Å². The molecule has 1 fully saturated rings. The molecule has 0 nitrogen and oxygen atoms in total. The molecule has 0 radical (unpaired) electrons. The number of hydrogen-bond acceptors (Lipinski definition) is 0. The summed E-state index contributed by atoms with van der Waals surface area (Å²) in [5.74, 6) is 4.03. The van der Waals surface area contributed by atoms with Crippen molar-refractivity contribution in [2.24, 2.45) is 11.8 Å². The van der Waals surface area contributed by atoms with Crippen LogP contribution in [-0.2, 0) is 0 Å². The molecule has 0 aromatic heterocycles. The molecule has 0 amide bonds. The van der Waals surface area contributed by atoms with Gasteiger partial charge in [0, 0.05) is 5.92 Å². The highest BCUT2D eigenvalue weighted by molar-refractivity contribution is 5.02. The Morgan fingerprint density at radius 2 is 2.40 bits per heavy atom. The van der Waals surface area contributed by atoms with Crippen molar-refractivity contribution in [3.8, 4) is 12.3 Å². The molecule has 54 valence electrons. The summed E-state index contributed by atoms with van der Waals surface area (Å²) < 4.78 is 0. The molecular formula is C10H14. The Morgan fingerprint density at radius 1 is 1.70 bits per heavy atom. The van der Waals surface area contributed by atoms with Crippen LogP contribution in [0.3, 0.4) is 0 Å². The van der Waals surface area contributed by atoms with Gasteiger partial charge in [-0.05, 0) is 18.8 Å². The minimum Gasteiger partial charge on any atom is -0.119 e. The zero-order chi connectivity index (χ0) is 7.40. The highest BCUT2D eigenvalue weighted by Crippen LogP contribution is 2.34. The molecule has 1 saturated carbocycles. The first kappa shape index (κ1) is 7.41. The van der Waals surface area contributed by atoms with Crippen LogP contribution in [-0.4, -0.2) is 0 Å². The van der Waals surface area contributed by atoms with Crippen molar-refractivity contribution in [1.29, 1.82) is 0 Å². The van der Waals surface area contributed by atoms with Crippen molar-refractivity contribution in [2.45, 2.75) is 25.7 Å². The van der Waals surface area contributed by atoms with Gasteiger partial charge in [-0.15, -0.1) is 13.0 Å². The van der Waals surface area contributed by atoms with Gasteiger partial charge in [0.2, 0.25) is 0 Å². The Morgan fingerprint density at radius 3 is 2.80 bits per heavy atom. The molecule has 0 aromatic rings. The van der Waals surface area contributed by atoms with Crippen LogP contribution < -0.4 is 0 Å². The molecule has 0 heterocycles. The van der Waals surface area contributed by atoms with E-state index in [1.54, 1.807) is 0 Å². The Kier molecular flexibility index (Phi) is 2.57. The lowest BCUT2D eigenvalue weighted by Crippen LogP contribution is -1.91. The minimum atomic E-state index is 0.320. The molecule has 0 heteroatoms. The van der Waals surface area contributed by atoms with E-state index in [0.29, 0.717) is 5.92 Å². The molecule has 0 spiro atoms. The predicted molar refractivity (Wildman–Crippen MR) is 44.5 cm³/mol. The molecule has 0 bridgehead atoms. The van der Waals surface area contributed by atoms with Gasteiger partial charge in [-0.3, -0.25) is 0 Å². The van der Waals surface area contributed by atoms with Crippen molar-refractivity contribution in [1.82, 2.24) is 0 Å². The second-order valence-electron chi connectivity index (χ2n) is 3.03. The summed E-state index contributed by atoms with van der Waals surface area (Å²) in [6, 6.07) is 0. The average molecular weight is 134 g/mol. The van der Waals surface area contributed by atoms with Gasteiger partial charge in [0.1, 0.15) is 0 Å². The summed E-state index contributed by atoms with van der Waals surface area (Å²) in [5.41, 5.74) is 0. The maximum Gasteiger partial charge on any atom is 0.0377 e. The Balaban J connectivity index is 2.09. The zero-order valence-corrected chi connectivity index (χ0v) is 6.34. The fourth-order valence-corrected chi connectivity index (χ4v) is 1.09. The Hall–Kier alpha value is -0.700. The highest BCUT2D eigenvalue weighted by Gasteiger charge is 2.21. The smallest absolute Gasteiger partial charge is 0.0377 e. The van der Waals surface area contributed by atoms with E-state index in [2.05, 4.69) is 12.5 Å². The average Bonchev–Trinajstić information content (AvgIpc) is 2.74. The number of terminal acetylenes is 1. The van der Waals surface area contributed by atoms with Gasteiger partial charge in [0.25, 0.3) is 0 Å². The molecule has 10 heavy (non-hydrogen) atoms. The van der Waals surface area contributed by atoms with Crippen molar-refractivity contribution in [3.63, 3.8) is 0 Å². The Bertz CT molecular complexity index is 146. The van der Waals surface area contributed by atoms with Crippen molar-refractivity contribution >= 4 is 0 Å². The van der Waals surface area contributed by atoms with Crippen LogP contribution >= 0.6 is 0 Å². The van der Waals surface area contributed by atoms with Gasteiger partial charge in [0.15, 0.2) is 0 Å². The predicted octanol–water partition coefficient (Wildman–Crippen LogP) is 2.61. The summed E-state index contributed by atoms with van der Waals surface area (Å²) in [6.07, 6.45) is 12.4. The summed E-state index contributed by atoms with van der Waals surface area (Å²) in [7, 11) is 0. The highest BCUT2D eigenvalue weighted by atomic mass is 14.3. The lowest BCUT2D eigenvalue weighted by Gasteiger charge is -2.01. The first-order valence-corrected chi connectivity index (χ1v) is 3.95. The largest absolute Gasteiger partial charge is 0.119 e. The minimum absolute atomic E-state index is 0.320. The van der Waals surface area contributed by atoms with Crippen LogP contribution in [0.4, 0.5) is 0 Å². The molecule has 0 aromatic carbocycles. The van der Waals surface area contributed by atoms with E-state index < -0.39 is 0 Å². The summed E-state index contributed by atoms with van der Waals surface area (Å²) >= 11 is 0. The molecule has 1 aliphatic carbocycles. The van der Waals surface area contributed by atoms with Crippen molar-refractivity contribution in [3.05, 3.63) is 12.7 Å². The molecule has 0 saturated heterocycles. The molecule has 1 aliphatic rings. The molecule has 1 rings (SSSR count). The quantitative estimate of drug-likeness (QED) is 0.409. The second-order valence-corrected chi connectivity index (χ2v) is 3.03. The van der Waals surface area contributed by atoms with E-state index >= 15 is 0 Å². The summed E-state index contributed by atoms with van der Waals surface area (Å²) in [6.45, 7) is 3.69. The summed E-state index contributed by atoms with van der Waals surface area (Å²) in [5, 5.41) is 0. The van der Waals surface area contributed by atoms with E-state index in [4.69, 9.17) is 6.42 Å². The van der Waals surface area contributed by atoms with Crippen molar-refractivity contribution < 1.29 is 0 Å².